The Bertz CT molecular complexity index is 304. The number of nitrogens with two attached hydrogens (primary N) is 1. The summed E-state index contributed by atoms with van der Waals surface area (Å²) in [4.78, 5) is 0. The minimum atomic E-state index is -0.340. The van der Waals surface area contributed by atoms with E-state index in [9.17, 15) is 4.39 Å². The third-order valence-corrected chi connectivity index (χ3v) is 1.98. The minimum absolute atomic E-state index is 0.0481. The molecule has 0 fully saturated rings. The van der Waals surface area contributed by atoms with Gasteiger partial charge in [0, 0.05) is 19.3 Å². The minimum Gasteiger partial charge on any atom is -0.399 e. The van der Waals surface area contributed by atoms with E-state index in [0.29, 0.717) is 17.9 Å². The van der Waals surface area contributed by atoms with Crippen molar-refractivity contribution in [3.05, 3.63) is 24.0 Å². The van der Waals surface area contributed by atoms with Crippen LogP contribution in [0.5, 0.6) is 0 Å². The molecule has 1 aromatic rings. The van der Waals surface area contributed by atoms with Gasteiger partial charge >= 0.3 is 0 Å². The number of ether oxygens (including phenoxy) is 1. The highest BCUT2D eigenvalue weighted by molar-refractivity contribution is 5.52. The van der Waals surface area contributed by atoms with Crippen LogP contribution in [0.15, 0.2) is 18.2 Å². The predicted molar refractivity (Wildman–Crippen MR) is 55.8 cm³/mol. The van der Waals surface area contributed by atoms with Gasteiger partial charge in [-0.2, -0.15) is 0 Å². The normalized spacial score (nSPS) is 12.5. The van der Waals surface area contributed by atoms with Crippen molar-refractivity contribution in [1.29, 1.82) is 0 Å². The summed E-state index contributed by atoms with van der Waals surface area (Å²) in [6, 6.07) is 4.57. The maximum atomic E-state index is 13.2. The summed E-state index contributed by atoms with van der Waals surface area (Å²) in [5.41, 5.74) is 6.29. The standard InChI is InChI=1S/C10H15FN2O/c1-7(14-2)6-13-10-4-3-8(12)5-9(10)11/h3-5,7,13H,6,12H2,1-2H3. The molecule has 3 nitrogen and oxygen atoms in total. The van der Waals surface area contributed by atoms with Crippen molar-refractivity contribution in [3.8, 4) is 0 Å². The molecule has 0 saturated heterocycles. The first kappa shape index (κ1) is 10.8. The third-order valence-electron chi connectivity index (χ3n) is 1.98. The first-order valence-electron chi connectivity index (χ1n) is 4.45. The van der Waals surface area contributed by atoms with Gasteiger partial charge in [0.25, 0.3) is 0 Å². The monoisotopic (exact) mass is 198 g/mol. The summed E-state index contributed by atoms with van der Waals surface area (Å²) in [6.45, 7) is 2.47. The molecule has 0 aliphatic rings. The topological polar surface area (TPSA) is 47.3 Å². The van der Waals surface area contributed by atoms with Crippen LogP contribution < -0.4 is 11.1 Å². The second-order valence-corrected chi connectivity index (χ2v) is 3.17. The molecule has 0 saturated carbocycles. The maximum Gasteiger partial charge on any atom is 0.148 e. The Kier molecular flexibility index (Phi) is 3.71. The fraction of sp³-hybridized carbons (Fsp3) is 0.400. The van der Waals surface area contributed by atoms with Crippen molar-refractivity contribution >= 4 is 11.4 Å². The van der Waals surface area contributed by atoms with Gasteiger partial charge in [-0.15, -0.1) is 0 Å². The smallest absolute Gasteiger partial charge is 0.148 e. The Balaban J connectivity index is 2.59. The van der Waals surface area contributed by atoms with E-state index in [1.807, 2.05) is 6.92 Å². The lowest BCUT2D eigenvalue weighted by molar-refractivity contribution is 0.128. The van der Waals surface area contributed by atoms with E-state index in [-0.39, 0.29) is 11.9 Å². The molecule has 14 heavy (non-hydrogen) atoms. The van der Waals surface area contributed by atoms with Crippen molar-refractivity contribution in [1.82, 2.24) is 0 Å². The SMILES string of the molecule is COC(C)CNc1ccc(N)cc1F. The number of hydrogen-bond acceptors (Lipinski definition) is 3. The summed E-state index contributed by atoms with van der Waals surface area (Å²) < 4.78 is 18.2. The molecule has 0 aliphatic carbocycles. The number of hydrogen-bond donors (Lipinski definition) is 2. The van der Waals surface area contributed by atoms with Crippen LogP contribution in [-0.4, -0.2) is 19.8 Å². The van der Waals surface area contributed by atoms with Gasteiger partial charge in [0.15, 0.2) is 0 Å². The fourth-order valence-corrected chi connectivity index (χ4v) is 1.01. The molecule has 1 unspecified atom stereocenters. The van der Waals surface area contributed by atoms with Crippen molar-refractivity contribution in [3.63, 3.8) is 0 Å². The van der Waals surface area contributed by atoms with Gasteiger partial charge in [0.05, 0.1) is 11.8 Å². The highest BCUT2D eigenvalue weighted by Crippen LogP contribution is 2.16. The van der Waals surface area contributed by atoms with Crippen molar-refractivity contribution < 1.29 is 9.13 Å². The Morgan fingerprint density at radius 2 is 2.29 bits per heavy atom. The molecule has 1 aromatic carbocycles. The average Bonchev–Trinajstić information content (AvgIpc) is 2.16. The summed E-state index contributed by atoms with van der Waals surface area (Å²) in [5, 5.41) is 2.94. The molecule has 0 heterocycles. The van der Waals surface area contributed by atoms with E-state index in [2.05, 4.69) is 5.32 Å². The van der Waals surface area contributed by atoms with Crippen LogP contribution in [0.3, 0.4) is 0 Å². The zero-order valence-electron chi connectivity index (χ0n) is 8.38. The van der Waals surface area contributed by atoms with Crippen molar-refractivity contribution in [2.45, 2.75) is 13.0 Å². The zero-order valence-corrected chi connectivity index (χ0v) is 8.38. The number of rotatable bonds is 4. The van der Waals surface area contributed by atoms with Gasteiger partial charge < -0.3 is 15.8 Å². The maximum absolute atomic E-state index is 13.2. The fourth-order valence-electron chi connectivity index (χ4n) is 1.01. The van der Waals surface area contributed by atoms with Crippen LogP contribution >= 0.6 is 0 Å². The number of benzene rings is 1. The molecule has 4 heteroatoms. The van der Waals surface area contributed by atoms with Gasteiger partial charge in [0.2, 0.25) is 0 Å². The Morgan fingerprint density at radius 1 is 1.57 bits per heavy atom. The first-order chi connectivity index (χ1) is 6.63. The molecule has 78 valence electrons. The molecule has 0 spiro atoms. The molecule has 0 radical (unpaired) electrons. The highest BCUT2D eigenvalue weighted by Gasteiger charge is 2.03. The van der Waals surface area contributed by atoms with Crippen LogP contribution in [0, 0.1) is 5.82 Å². The molecule has 1 atom stereocenters. The number of nitrogens with one attached hydrogen (secondary N) is 1. The molecule has 0 amide bonds. The summed E-state index contributed by atoms with van der Waals surface area (Å²) in [7, 11) is 1.62. The Labute approximate surface area is 83.1 Å². The van der Waals surface area contributed by atoms with Gasteiger partial charge in [0.1, 0.15) is 5.82 Å². The zero-order chi connectivity index (χ0) is 10.6. The molecule has 0 aliphatic heterocycles. The Morgan fingerprint density at radius 3 is 2.86 bits per heavy atom. The van der Waals surface area contributed by atoms with E-state index in [0.717, 1.165) is 0 Å². The second kappa shape index (κ2) is 4.81. The average molecular weight is 198 g/mol. The van der Waals surface area contributed by atoms with E-state index in [4.69, 9.17) is 10.5 Å². The van der Waals surface area contributed by atoms with Gasteiger partial charge in [-0.1, -0.05) is 0 Å². The van der Waals surface area contributed by atoms with E-state index >= 15 is 0 Å². The molecule has 1 rings (SSSR count). The third kappa shape index (κ3) is 2.88. The Hall–Kier alpha value is -1.29. The quantitative estimate of drug-likeness (QED) is 0.726. The molecule has 3 N–H and O–H groups in total. The summed E-state index contributed by atoms with van der Waals surface area (Å²) >= 11 is 0. The van der Waals surface area contributed by atoms with Crippen molar-refractivity contribution in [2.24, 2.45) is 0 Å². The van der Waals surface area contributed by atoms with Crippen LogP contribution in [-0.2, 0) is 4.74 Å². The second-order valence-electron chi connectivity index (χ2n) is 3.17. The summed E-state index contributed by atoms with van der Waals surface area (Å²) in [5.74, 6) is -0.340. The molecular formula is C10H15FN2O. The first-order valence-corrected chi connectivity index (χ1v) is 4.45. The van der Waals surface area contributed by atoms with E-state index in [1.54, 1.807) is 19.2 Å². The molecular weight excluding hydrogens is 183 g/mol. The summed E-state index contributed by atoms with van der Waals surface area (Å²) in [6.07, 6.45) is 0.0481. The van der Waals surface area contributed by atoms with Gasteiger partial charge in [-0.3, -0.25) is 0 Å². The lowest BCUT2D eigenvalue weighted by Gasteiger charge is -2.12. The number of nitrogen functional groups attached to an aromatic ring is 1. The van der Waals surface area contributed by atoms with Gasteiger partial charge in [-0.05, 0) is 25.1 Å². The van der Waals surface area contributed by atoms with E-state index in [1.165, 1.54) is 6.07 Å². The molecule has 0 aromatic heterocycles. The van der Waals surface area contributed by atoms with Crippen LogP contribution in [0.2, 0.25) is 0 Å². The highest BCUT2D eigenvalue weighted by atomic mass is 19.1. The van der Waals surface area contributed by atoms with Crippen molar-refractivity contribution in [2.75, 3.05) is 24.7 Å². The lowest BCUT2D eigenvalue weighted by Crippen LogP contribution is -2.18. The number of halogens is 1. The van der Waals surface area contributed by atoms with Crippen LogP contribution in [0.4, 0.5) is 15.8 Å². The lowest BCUT2D eigenvalue weighted by atomic mass is 10.2. The van der Waals surface area contributed by atoms with Gasteiger partial charge in [-0.25, -0.2) is 4.39 Å². The number of methoxy groups -OCH3 is 1. The largest absolute Gasteiger partial charge is 0.399 e. The number of anilines is 2. The van der Waals surface area contributed by atoms with E-state index < -0.39 is 0 Å². The predicted octanol–water partition coefficient (Wildman–Crippen LogP) is 1.85. The van der Waals surface area contributed by atoms with Crippen LogP contribution in [0.1, 0.15) is 6.92 Å². The molecule has 0 bridgehead atoms. The van der Waals surface area contributed by atoms with Crippen LogP contribution in [0.25, 0.3) is 0 Å².